The summed E-state index contributed by atoms with van der Waals surface area (Å²) < 4.78 is 5.47. The van der Waals surface area contributed by atoms with Crippen molar-refractivity contribution in [2.45, 2.75) is 33.4 Å². The first-order valence-corrected chi connectivity index (χ1v) is 7.50. The summed E-state index contributed by atoms with van der Waals surface area (Å²) in [4.78, 5) is 15.5. The Morgan fingerprint density at radius 3 is 2.73 bits per heavy atom. The Bertz CT molecular complexity index is 501. The highest BCUT2D eigenvalue weighted by Gasteiger charge is 2.03. The molecule has 0 aliphatic carbocycles. The van der Waals surface area contributed by atoms with Crippen LogP contribution in [0.15, 0.2) is 29.3 Å². The Morgan fingerprint density at radius 2 is 2.09 bits per heavy atom. The van der Waals surface area contributed by atoms with Crippen molar-refractivity contribution in [2.24, 2.45) is 4.99 Å². The molecular formula is C16H26N4O2. The fraction of sp³-hybridized carbons (Fsp3) is 0.500. The lowest BCUT2D eigenvalue weighted by Gasteiger charge is -2.14. The van der Waals surface area contributed by atoms with Crippen LogP contribution in [0.25, 0.3) is 0 Å². The molecule has 1 amide bonds. The summed E-state index contributed by atoms with van der Waals surface area (Å²) in [6, 6.07) is 7.97. The van der Waals surface area contributed by atoms with Crippen molar-refractivity contribution < 1.29 is 9.53 Å². The molecule has 0 heterocycles. The number of nitrogens with one attached hydrogen (secondary N) is 3. The van der Waals surface area contributed by atoms with Gasteiger partial charge in [-0.25, -0.2) is 0 Å². The van der Waals surface area contributed by atoms with Crippen LogP contribution >= 0.6 is 0 Å². The van der Waals surface area contributed by atoms with E-state index in [4.69, 9.17) is 4.74 Å². The van der Waals surface area contributed by atoms with E-state index in [1.54, 1.807) is 7.05 Å². The number of carbonyl (C=O) groups is 1. The number of ether oxygens (including phenoxy) is 1. The molecule has 0 fully saturated rings. The van der Waals surface area contributed by atoms with Crippen LogP contribution in [0.4, 0.5) is 0 Å². The van der Waals surface area contributed by atoms with Gasteiger partial charge in [0.15, 0.2) is 12.6 Å². The molecule has 0 atom stereocenters. The minimum atomic E-state index is -0.118. The molecule has 3 N–H and O–H groups in total. The monoisotopic (exact) mass is 306 g/mol. The maximum atomic E-state index is 11.4. The van der Waals surface area contributed by atoms with Gasteiger partial charge in [0, 0.05) is 26.2 Å². The fourth-order valence-electron chi connectivity index (χ4n) is 1.80. The number of rotatable bonds is 7. The van der Waals surface area contributed by atoms with E-state index in [-0.39, 0.29) is 12.5 Å². The highest BCUT2D eigenvalue weighted by Crippen LogP contribution is 2.13. The van der Waals surface area contributed by atoms with E-state index in [1.165, 1.54) is 0 Å². The smallest absolute Gasteiger partial charge is 0.257 e. The lowest BCUT2D eigenvalue weighted by Crippen LogP contribution is -2.40. The van der Waals surface area contributed by atoms with Crippen LogP contribution < -0.4 is 20.7 Å². The normalized spacial score (nSPS) is 11.2. The van der Waals surface area contributed by atoms with Gasteiger partial charge in [0.2, 0.25) is 0 Å². The van der Waals surface area contributed by atoms with E-state index in [9.17, 15) is 4.79 Å². The highest BCUT2D eigenvalue weighted by molar-refractivity contribution is 5.79. The van der Waals surface area contributed by atoms with Gasteiger partial charge in [-0.05, 0) is 38.5 Å². The number of hydrogen-bond donors (Lipinski definition) is 3. The molecule has 0 saturated heterocycles. The second-order valence-electron chi connectivity index (χ2n) is 5.11. The van der Waals surface area contributed by atoms with Crippen molar-refractivity contribution in [2.75, 3.05) is 20.2 Å². The van der Waals surface area contributed by atoms with Gasteiger partial charge >= 0.3 is 0 Å². The number of benzene rings is 1. The zero-order chi connectivity index (χ0) is 16.4. The Morgan fingerprint density at radius 1 is 1.32 bits per heavy atom. The van der Waals surface area contributed by atoms with Gasteiger partial charge in [-0.15, -0.1) is 0 Å². The van der Waals surface area contributed by atoms with Gasteiger partial charge in [-0.3, -0.25) is 9.79 Å². The van der Waals surface area contributed by atoms with E-state index in [0.717, 1.165) is 11.5 Å². The third kappa shape index (κ3) is 6.97. The quantitative estimate of drug-likeness (QED) is 0.524. The lowest BCUT2D eigenvalue weighted by molar-refractivity contribution is -0.122. The van der Waals surface area contributed by atoms with Crippen molar-refractivity contribution >= 4 is 11.9 Å². The van der Waals surface area contributed by atoms with E-state index in [1.807, 2.05) is 31.2 Å². The molecule has 6 nitrogen and oxygen atoms in total. The van der Waals surface area contributed by atoms with Crippen molar-refractivity contribution in [1.82, 2.24) is 16.0 Å². The molecule has 0 unspecified atom stereocenters. The van der Waals surface area contributed by atoms with Crippen LogP contribution in [-0.4, -0.2) is 38.1 Å². The van der Waals surface area contributed by atoms with Crippen molar-refractivity contribution in [1.29, 1.82) is 0 Å². The van der Waals surface area contributed by atoms with Crippen LogP contribution in [0, 0.1) is 0 Å². The molecule has 1 aromatic rings. The van der Waals surface area contributed by atoms with Gasteiger partial charge in [-0.1, -0.05) is 12.1 Å². The summed E-state index contributed by atoms with van der Waals surface area (Å²) in [5, 5.41) is 9.15. The van der Waals surface area contributed by atoms with Crippen LogP contribution in [0.2, 0.25) is 0 Å². The molecule has 0 saturated carbocycles. The number of aliphatic imine (C=N–C) groups is 1. The topological polar surface area (TPSA) is 74.8 Å². The average Bonchev–Trinajstić information content (AvgIpc) is 2.50. The lowest BCUT2D eigenvalue weighted by atomic mass is 10.2. The van der Waals surface area contributed by atoms with Crippen LogP contribution in [0.3, 0.4) is 0 Å². The van der Waals surface area contributed by atoms with E-state index < -0.39 is 0 Å². The van der Waals surface area contributed by atoms with E-state index in [0.29, 0.717) is 24.9 Å². The van der Waals surface area contributed by atoms with Gasteiger partial charge in [0.05, 0.1) is 0 Å². The Labute approximate surface area is 132 Å². The highest BCUT2D eigenvalue weighted by atomic mass is 16.5. The third-order valence-corrected chi connectivity index (χ3v) is 2.75. The largest absolute Gasteiger partial charge is 0.484 e. The minimum Gasteiger partial charge on any atom is -0.484 e. The SMILES string of the molecule is CCNC(=O)COc1cccc(CNC(=NC)NC(C)C)c1. The summed E-state index contributed by atoms with van der Waals surface area (Å²) in [5.41, 5.74) is 1.06. The maximum Gasteiger partial charge on any atom is 0.257 e. The van der Waals surface area contributed by atoms with Crippen molar-refractivity contribution in [3.63, 3.8) is 0 Å². The molecule has 22 heavy (non-hydrogen) atoms. The summed E-state index contributed by atoms with van der Waals surface area (Å²) in [7, 11) is 1.74. The van der Waals surface area contributed by atoms with Gasteiger partial charge in [0.1, 0.15) is 5.75 Å². The number of carbonyl (C=O) groups excluding carboxylic acids is 1. The number of amides is 1. The number of likely N-dealkylation sites (N-methyl/N-ethyl adjacent to an activating group) is 1. The molecule has 1 rings (SSSR count). The molecule has 0 aliphatic heterocycles. The van der Waals surface area contributed by atoms with Crippen LogP contribution in [0.1, 0.15) is 26.3 Å². The summed E-state index contributed by atoms with van der Waals surface area (Å²) in [5.74, 6) is 1.31. The minimum absolute atomic E-state index is 0.0291. The van der Waals surface area contributed by atoms with E-state index in [2.05, 4.69) is 34.8 Å². The predicted octanol–water partition coefficient (Wildman–Crippen LogP) is 1.27. The summed E-state index contributed by atoms with van der Waals surface area (Å²) in [6.45, 7) is 7.26. The molecule has 0 radical (unpaired) electrons. The van der Waals surface area contributed by atoms with Crippen LogP contribution in [0.5, 0.6) is 5.75 Å². The fourth-order valence-corrected chi connectivity index (χ4v) is 1.80. The first-order valence-electron chi connectivity index (χ1n) is 7.50. The molecule has 0 aliphatic rings. The molecule has 0 bridgehead atoms. The molecule has 122 valence electrons. The maximum absolute atomic E-state index is 11.4. The average molecular weight is 306 g/mol. The second kappa shape index (κ2) is 9.65. The standard InChI is InChI=1S/C16H26N4O2/c1-5-18-15(21)11-22-14-8-6-7-13(9-14)10-19-16(17-4)20-12(2)3/h6-9,12H,5,10-11H2,1-4H3,(H,18,21)(H2,17,19,20). The molecule has 0 spiro atoms. The van der Waals surface area contributed by atoms with Gasteiger partial charge < -0.3 is 20.7 Å². The van der Waals surface area contributed by atoms with Crippen molar-refractivity contribution in [3.8, 4) is 5.75 Å². The van der Waals surface area contributed by atoms with Gasteiger partial charge in [-0.2, -0.15) is 0 Å². The Hall–Kier alpha value is -2.24. The third-order valence-electron chi connectivity index (χ3n) is 2.75. The summed E-state index contributed by atoms with van der Waals surface area (Å²) >= 11 is 0. The molecular weight excluding hydrogens is 280 g/mol. The van der Waals surface area contributed by atoms with Crippen molar-refractivity contribution in [3.05, 3.63) is 29.8 Å². The van der Waals surface area contributed by atoms with Crippen LogP contribution in [-0.2, 0) is 11.3 Å². The van der Waals surface area contributed by atoms with E-state index >= 15 is 0 Å². The number of hydrogen-bond acceptors (Lipinski definition) is 3. The summed E-state index contributed by atoms with van der Waals surface area (Å²) in [6.07, 6.45) is 0. The Kier molecular flexibility index (Phi) is 7.81. The predicted molar refractivity (Wildman–Crippen MR) is 89.1 cm³/mol. The second-order valence-corrected chi connectivity index (χ2v) is 5.11. The number of guanidine groups is 1. The molecule has 6 heteroatoms. The molecule has 0 aromatic heterocycles. The first kappa shape index (κ1) is 17.8. The number of nitrogens with zero attached hydrogens (tertiary/aromatic N) is 1. The van der Waals surface area contributed by atoms with Gasteiger partial charge in [0.25, 0.3) is 5.91 Å². The first-order chi connectivity index (χ1) is 10.5. The zero-order valence-electron chi connectivity index (χ0n) is 13.8. The Balaban J connectivity index is 2.51. The molecule has 1 aromatic carbocycles. The zero-order valence-corrected chi connectivity index (χ0v) is 13.8.